The molecule has 0 unspecified atom stereocenters. The Balaban J connectivity index is 1.45. The van der Waals surface area contributed by atoms with Crippen LogP contribution in [0.1, 0.15) is 51.9 Å². The number of fused-ring (bicyclic) bond motifs is 1. The number of aryl methyl sites for hydroxylation is 1. The molecule has 1 aliphatic heterocycles. The van der Waals surface area contributed by atoms with Crippen molar-refractivity contribution < 1.29 is 18.3 Å². The summed E-state index contributed by atoms with van der Waals surface area (Å²) in [4.78, 5) is 12.5. The predicted molar refractivity (Wildman–Crippen MR) is 116 cm³/mol. The van der Waals surface area contributed by atoms with Gasteiger partial charge in [-0.2, -0.15) is 0 Å². The van der Waals surface area contributed by atoms with Crippen molar-refractivity contribution >= 4 is 11.4 Å². The summed E-state index contributed by atoms with van der Waals surface area (Å²) >= 11 is 0. The van der Waals surface area contributed by atoms with E-state index in [1.54, 1.807) is 0 Å². The van der Waals surface area contributed by atoms with Gasteiger partial charge in [0.25, 0.3) is 0 Å². The van der Waals surface area contributed by atoms with E-state index in [4.69, 9.17) is 4.74 Å². The first-order valence-corrected chi connectivity index (χ1v) is 10.5. The van der Waals surface area contributed by atoms with Crippen molar-refractivity contribution in [1.82, 2.24) is 0 Å². The van der Waals surface area contributed by atoms with Crippen LogP contribution in [0.5, 0.6) is 5.75 Å². The van der Waals surface area contributed by atoms with Gasteiger partial charge in [0.2, 0.25) is 0 Å². The fourth-order valence-electron chi connectivity index (χ4n) is 4.38. The minimum atomic E-state index is -0.827. The molecule has 1 fully saturated rings. The zero-order chi connectivity index (χ0) is 21.6. The average molecular weight is 416 g/mol. The van der Waals surface area contributed by atoms with Crippen molar-refractivity contribution in [3.8, 4) is 5.75 Å². The monoisotopic (exact) mass is 416 g/mol. The Hall–Kier alpha value is -3.27. The molecule has 0 saturated heterocycles. The van der Waals surface area contributed by atoms with Crippen molar-refractivity contribution in [2.45, 2.75) is 38.2 Å². The molecule has 2 nitrogen and oxygen atoms in total. The van der Waals surface area contributed by atoms with Gasteiger partial charge >= 0.3 is 0 Å². The van der Waals surface area contributed by atoms with E-state index in [2.05, 4.69) is 25.1 Å². The quantitative estimate of drug-likeness (QED) is 0.457. The topological polar surface area (TPSA) is 26.3 Å². The number of hydrogen-bond donors (Lipinski definition) is 0. The van der Waals surface area contributed by atoms with Gasteiger partial charge in [-0.05, 0) is 73.2 Å². The first-order valence-electron chi connectivity index (χ1n) is 10.5. The maximum Gasteiger partial charge on any atom is 0.173 e. The number of ether oxygens (including phenoxy) is 1. The summed E-state index contributed by atoms with van der Waals surface area (Å²) in [5, 5.41) is 0. The van der Waals surface area contributed by atoms with Crippen LogP contribution >= 0.6 is 0 Å². The summed E-state index contributed by atoms with van der Waals surface area (Å²) in [5.74, 6) is -1.32. The Bertz CT molecular complexity index is 1180. The van der Waals surface area contributed by atoms with Gasteiger partial charge < -0.3 is 4.74 Å². The summed E-state index contributed by atoms with van der Waals surface area (Å²) in [7, 11) is 0. The van der Waals surface area contributed by atoms with Crippen LogP contribution in [0.25, 0.3) is 5.57 Å². The van der Waals surface area contributed by atoms with E-state index in [9.17, 15) is 13.6 Å². The molecule has 5 rings (SSSR count). The molecule has 31 heavy (non-hydrogen) atoms. The van der Waals surface area contributed by atoms with E-state index in [0.717, 1.165) is 59.4 Å². The van der Waals surface area contributed by atoms with Crippen molar-refractivity contribution in [3.05, 3.63) is 106 Å². The van der Waals surface area contributed by atoms with Crippen molar-refractivity contribution in [3.63, 3.8) is 0 Å². The molecule has 0 atom stereocenters. The van der Waals surface area contributed by atoms with Gasteiger partial charge in [-0.1, -0.05) is 42.0 Å². The molecular formula is C27H22F2O2. The lowest BCUT2D eigenvalue weighted by atomic mass is 9.75. The lowest BCUT2D eigenvalue weighted by molar-refractivity contribution is 0.0376. The highest BCUT2D eigenvalue weighted by molar-refractivity contribution is 5.98. The Kier molecular flexibility index (Phi) is 4.73. The largest absolute Gasteiger partial charge is 0.483 e. The molecule has 1 aliphatic carbocycles. The van der Waals surface area contributed by atoms with Crippen LogP contribution in [0.4, 0.5) is 8.78 Å². The van der Waals surface area contributed by atoms with Gasteiger partial charge in [0.1, 0.15) is 23.0 Å². The van der Waals surface area contributed by atoms with Crippen LogP contribution < -0.4 is 4.74 Å². The van der Waals surface area contributed by atoms with Crippen molar-refractivity contribution in [2.24, 2.45) is 0 Å². The zero-order valence-corrected chi connectivity index (χ0v) is 17.3. The van der Waals surface area contributed by atoms with E-state index in [-0.39, 0.29) is 12.0 Å². The number of hydrogen-bond acceptors (Lipinski definition) is 2. The summed E-state index contributed by atoms with van der Waals surface area (Å²) in [6, 6.07) is 17.3. The molecule has 3 aromatic carbocycles. The zero-order valence-electron chi connectivity index (χ0n) is 17.3. The highest BCUT2D eigenvalue weighted by Gasteiger charge is 2.41. The van der Waals surface area contributed by atoms with E-state index in [0.29, 0.717) is 5.56 Å². The summed E-state index contributed by atoms with van der Waals surface area (Å²) in [5.41, 5.74) is 4.40. The third kappa shape index (κ3) is 3.56. The fraction of sp³-hybridized carbons (Fsp3) is 0.222. The summed E-state index contributed by atoms with van der Waals surface area (Å²) in [6.45, 7) is 2.06. The lowest BCUT2D eigenvalue weighted by Crippen LogP contribution is -2.43. The Morgan fingerprint density at radius 2 is 1.71 bits per heavy atom. The molecular weight excluding hydrogens is 394 g/mol. The Morgan fingerprint density at radius 3 is 2.35 bits per heavy atom. The Labute approximate surface area is 180 Å². The number of rotatable bonds is 4. The molecule has 4 heteroatoms. The number of Topliss-reactive ketones (excluding diaryl/α,β-unsaturated/α-hetero) is 1. The van der Waals surface area contributed by atoms with Crippen LogP contribution in [0, 0.1) is 18.6 Å². The maximum atomic E-state index is 13.9. The average Bonchev–Trinajstić information content (AvgIpc) is 2.72. The molecule has 0 aromatic heterocycles. The fourth-order valence-corrected chi connectivity index (χ4v) is 4.38. The van der Waals surface area contributed by atoms with Gasteiger partial charge in [-0.3, -0.25) is 4.79 Å². The van der Waals surface area contributed by atoms with E-state index in [1.807, 2.05) is 30.3 Å². The molecule has 0 radical (unpaired) electrons. The maximum absolute atomic E-state index is 13.9. The molecule has 1 saturated carbocycles. The molecule has 0 bridgehead atoms. The second kappa shape index (κ2) is 7.45. The highest BCUT2D eigenvalue weighted by atomic mass is 19.1. The SMILES string of the molecule is Cc1ccc2c(c1)C(c1ccc(CC(=O)c3c(F)cccc3F)cc1)=CC1(CCC1)O2. The van der Waals surface area contributed by atoms with Gasteiger partial charge in [-0.25, -0.2) is 8.78 Å². The van der Waals surface area contributed by atoms with Crippen LogP contribution in [-0.4, -0.2) is 11.4 Å². The van der Waals surface area contributed by atoms with Crippen LogP contribution in [0.3, 0.4) is 0 Å². The van der Waals surface area contributed by atoms with E-state index < -0.39 is 23.0 Å². The second-order valence-electron chi connectivity index (χ2n) is 8.47. The molecule has 3 aromatic rings. The number of ketones is 1. The second-order valence-corrected chi connectivity index (χ2v) is 8.47. The van der Waals surface area contributed by atoms with E-state index in [1.165, 1.54) is 6.07 Å². The van der Waals surface area contributed by atoms with Crippen molar-refractivity contribution in [2.75, 3.05) is 0 Å². The summed E-state index contributed by atoms with van der Waals surface area (Å²) in [6.07, 6.45) is 5.33. The van der Waals surface area contributed by atoms with Crippen molar-refractivity contribution in [1.29, 1.82) is 0 Å². The van der Waals surface area contributed by atoms with Gasteiger partial charge in [-0.15, -0.1) is 0 Å². The predicted octanol–water partition coefficient (Wildman–Crippen LogP) is 6.45. The third-order valence-electron chi connectivity index (χ3n) is 6.22. The van der Waals surface area contributed by atoms with Crippen LogP contribution in [-0.2, 0) is 6.42 Å². The number of carbonyl (C=O) groups excluding carboxylic acids is 1. The standard InChI is InChI=1S/C27H22F2O2/c1-17-6-11-25-20(14-17)21(16-27(31-25)12-3-13-27)19-9-7-18(8-10-19)15-24(30)26-22(28)4-2-5-23(26)29/h2,4-11,14,16H,3,12-13,15H2,1H3. The highest BCUT2D eigenvalue weighted by Crippen LogP contribution is 2.47. The van der Waals surface area contributed by atoms with Crippen LogP contribution in [0.15, 0.2) is 66.7 Å². The minimum Gasteiger partial charge on any atom is -0.483 e. The molecule has 1 heterocycles. The molecule has 156 valence electrons. The molecule has 0 N–H and O–H groups in total. The van der Waals surface area contributed by atoms with Gasteiger partial charge in [0.15, 0.2) is 5.78 Å². The lowest BCUT2D eigenvalue weighted by Gasteiger charge is -2.43. The van der Waals surface area contributed by atoms with E-state index >= 15 is 0 Å². The first kappa shape index (κ1) is 19.7. The molecule has 0 amide bonds. The first-order chi connectivity index (χ1) is 14.9. The Morgan fingerprint density at radius 1 is 1.00 bits per heavy atom. The third-order valence-corrected chi connectivity index (χ3v) is 6.22. The minimum absolute atomic E-state index is 0.0556. The number of carbonyl (C=O) groups is 1. The molecule has 2 aliphatic rings. The number of halogens is 2. The van der Waals surface area contributed by atoms with Gasteiger partial charge in [0.05, 0.1) is 5.56 Å². The normalized spacial score (nSPS) is 16.2. The smallest absolute Gasteiger partial charge is 0.173 e. The number of benzene rings is 3. The molecule has 1 spiro atoms. The summed E-state index contributed by atoms with van der Waals surface area (Å²) < 4.78 is 34.1. The van der Waals surface area contributed by atoms with Gasteiger partial charge in [0, 0.05) is 12.0 Å². The van der Waals surface area contributed by atoms with Crippen LogP contribution in [0.2, 0.25) is 0 Å².